The van der Waals surface area contributed by atoms with Gasteiger partial charge in [0.2, 0.25) is 5.91 Å². The smallest absolute Gasteiger partial charge is 0.333 e. The Morgan fingerprint density at radius 2 is 2.00 bits per heavy atom. The molecule has 0 radical (unpaired) electrons. The summed E-state index contributed by atoms with van der Waals surface area (Å²) in [4.78, 5) is 24.3. The van der Waals surface area contributed by atoms with E-state index in [0.717, 1.165) is 5.56 Å². The van der Waals surface area contributed by atoms with E-state index in [9.17, 15) is 9.59 Å². The first kappa shape index (κ1) is 18.7. The van der Waals surface area contributed by atoms with Crippen LogP contribution in [0.4, 0.5) is 5.69 Å². The number of aromatic nitrogens is 2. The predicted molar refractivity (Wildman–Crippen MR) is 94.9 cm³/mol. The van der Waals surface area contributed by atoms with Crippen molar-refractivity contribution in [2.24, 2.45) is 5.73 Å². The van der Waals surface area contributed by atoms with Crippen molar-refractivity contribution < 1.29 is 14.3 Å². The van der Waals surface area contributed by atoms with Crippen LogP contribution in [0.1, 0.15) is 26.3 Å². The van der Waals surface area contributed by atoms with Crippen LogP contribution in [0.25, 0.3) is 0 Å². The molecule has 0 fully saturated rings. The third-order valence-corrected chi connectivity index (χ3v) is 3.83. The molecule has 2 rings (SSSR count). The number of nitrogens with two attached hydrogens (primary N) is 1. The maximum absolute atomic E-state index is 12.2. The fourth-order valence-corrected chi connectivity index (χ4v) is 2.29. The van der Waals surface area contributed by atoms with Gasteiger partial charge in [-0.05, 0) is 32.8 Å². The Kier molecular flexibility index (Phi) is 5.93. The maximum Gasteiger partial charge on any atom is 0.333 e. The number of nitrogens with zero attached hydrogens (tertiary/aromatic N) is 2. The molecule has 7 heteroatoms. The highest BCUT2D eigenvalue weighted by molar-refractivity contribution is 5.94. The van der Waals surface area contributed by atoms with E-state index in [-0.39, 0.29) is 5.91 Å². The molecule has 0 aliphatic heterocycles. The molecular weight excluding hydrogens is 320 g/mol. The van der Waals surface area contributed by atoms with Crippen molar-refractivity contribution in [3.05, 3.63) is 48.3 Å². The van der Waals surface area contributed by atoms with E-state index in [0.29, 0.717) is 18.7 Å². The van der Waals surface area contributed by atoms with Gasteiger partial charge in [0.05, 0.1) is 24.5 Å². The molecule has 0 saturated heterocycles. The first-order valence-electron chi connectivity index (χ1n) is 8.17. The minimum atomic E-state index is -0.967. The van der Waals surface area contributed by atoms with Crippen molar-refractivity contribution in [1.29, 1.82) is 0 Å². The summed E-state index contributed by atoms with van der Waals surface area (Å²) in [5.74, 6) is -0.700. The molecule has 7 nitrogen and oxygen atoms in total. The normalized spacial score (nSPS) is 12.5. The number of benzene rings is 1. The third kappa shape index (κ3) is 4.67. The summed E-state index contributed by atoms with van der Waals surface area (Å²) in [7, 11) is 0. The van der Waals surface area contributed by atoms with Crippen molar-refractivity contribution in [3.8, 4) is 0 Å². The number of nitrogens with one attached hydrogen (secondary N) is 1. The summed E-state index contributed by atoms with van der Waals surface area (Å²) in [6.07, 6.45) is 3.51. The Morgan fingerprint density at radius 3 is 2.64 bits per heavy atom. The van der Waals surface area contributed by atoms with E-state index in [1.54, 1.807) is 27.0 Å². The number of rotatable bonds is 7. The number of hydrogen-bond acceptors (Lipinski definition) is 5. The molecule has 2 aromatic rings. The van der Waals surface area contributed by atoms with Crippen LogP contribution in [0, 0.1) is 0 Å². The van der Waals surface area contributed by atoms with E-state index < -0.39 is 17.6 Å². The summed E-state index contributed by atoms with van der Waals surface area (Å²) < 4.78 is 6.51. The SMILES string of the molecule is CCOC(=O)C(C)(C)n1cc(NC(=O)[C@@H](N)Cc2ccccc2)cn1. The van der Waals surface area contributed by atoms with Crippen LogP contribution < -0.4 is 11.1 Å². The Balaban J connectivity index is 2.00. The summed E-state index contributed by atoms with van der Waals surface area (Å²) in [5, 5.41) is 6.87. The van der Waals surface area contributed by atoms with Gasteiger partial charge in [-0.25, -0.2) is 4.79 Å². The molecule has 25 heavy (non-hydrogen) atoms. The van der Waals surface area contributed by atoms with Crippen LogP contribution in [-0.4, -0.2) is 34.3 Å². The third-order valence-electron chi connectivity index (χ3n) is 3.83. The summed E-state index contributed by atoms with van der Waals surface area (Å²) in [5.41, 5.74) is 6.46. The Bertz CT molecular complexity index is 725. The second-order valence-electron chi connectivity index (χ2n) is 6.24. The molecule has 1 amide bonds. The van der Waals surface area contributed by atoms with E-state index >= 15 is 0 Å². The zero-order valence-electron chi connectivity index (χ0n) is 14.7. The van der Waals surface area contributed by atoms with Gasteiger partial charge in [-0.3, -0.25) is 9.48 Å². The van der Waals surface area contributed by atoms with Crippen LogP contribution in [-0.2, 0) is 26.3 Å². The molecule has 0 unspecified atom stereocenters. The molecule has 3 N–H and O–H groups in total. The van der Waals surface area contributed by atoms with Crippen molar-refractivity contribution in [2.75, 3.05) is 11.9 Å². The molecule has 1 heterocycles. The largest absolute Gasteiger partial charge is 0.464 e. The molecule has 0 bridgehead atoms. The van der Waals surface area contributed by atoms with Gasteiger partial charge < -0.3 is 15.8 Å². The average Bonchev–Trinajstić information content (AvgIpc) is 3.05. The number of amides is 1. The zero-order chi connectivity index (χ0) is 18.4. The monoisotopic (exact) mass is 344 g/mol. The van der Waals surface area contributed by atoms with Gasteiger partial charge in [0.25, 0.3) is 0 Å². The zero-order valence-corrected chi connectivity index (χ0v) is 14.7. The minimum absolute atomic E-state index is 0.293. The van der Waals surface area contributed by atoms with Gasteiger partial charge in [-0.15, -0.1) is 0 Å². The second kappa shape index (κ2) is 7.94. The molecule has 0 spiro atoms. The van der Waals surface area contributed by atoms with E-state index in [2.05, 4.69) is 10.4 Å². The highest BCUT2D eigenvalue weighted by Gasteiger charge is 2.32. The van der Waals surface area contributed by atoms with Crippen molar-refractivity contribution in [3.63, 3.8) is 0 Å². The molecule has 0 aliphatic rings. The minimum Gasteiger partial charge on any atom is -0.464 e. The highest BCUT2D eigenvalue weighted by atomic mass is 16.5. The summed E-state index contributed by atoms with van der Waals surface area (Å²) in [6, 6.07) is 8.89. The fraction of sp³-hybridized carbons (Fsp3) is 0.389. The lowest BCUT2D eigenvalue weighted by molar-refractivity contribution is -0.152. The van der Waals surface area contributed by atoms with Gasteiger partial charge in [-0.2, -0.15) is 5.10 Å². The van der Waals surface area contributed by atoms with Crippen LogP contribution in [0.3, 0.4) is 0 Å². The molecule has 134 valence electrons. The Labute approximate surface area is 147 Å². The number of ether oxygens (including phenoxy) is 1. The maximum atomic E-state index is 12.2. The first-order valence-corrected chi connectivity index (χ1v) is 8.17. The van der Waals surface area contributed by atoms with Gasteiger partial charge in [-0.1, -0.05) is 30.3 Å². The van der Waals surface area contributed by atoms with E-state index in [1.165, 1.54) is 10.9 Å². The van der Waals surface area contributed by atoms with Crippen molar-refractivity contribution in [2.45, 2.75) is 38.8 Å². The lowest BCUT2D eigenvalue weighted by atomic mass is 10.1. The van der Waals surface area contributed by atoms with E-state index in [1.807, 2.05) is 30.3 Å². The molecule has 0 saturated carbocycles. The summed E-state index contributed by atoms with van der Waals surface area (Å²) >= 11 is 0. The molecule has 0 aliphatic carbocycles. The first-order chi connectivity index (χ1) is 11.8. The molecule has 1 aromatic carbocycles. The van der Waals surface area contributed by atoms with Crippen molar-refractivity contribution >= 4 is 17.6 Å². The van der Waals surface area contributed by atoms with Gasteiger partial charge in [0, 0.05) is 6.20 Å². The average molecular weight is 344 g/mol. The van der Waals surface area contributed by atoms with Crippen molar-refractivity contribution in [1.82, 2.24) is 9.78 Å². The molecule has 1 atom stereocenters. The lowest BCUT2D eigenvalue weighted by Crippen LogP contribution is -2.38. The van der Waals surface area contributed by atoms with Crippen LogP contribution in [0.2, 0.25) is 0 Å². The van der Waals surface area contributed by atoms with E-state index in [4.69, 9.17) is 10.5 Å². The number of anilines is 1. The second-order valence-corrected chi connectivity index (χ2v) is 6.24. The number of hydrogen-bond donors (Lipinski definition) is 2. The summed E-state index contributed by atoms with van der Waals surface area (Å²) in [6.45, 7) is 5.44. The lowest BCUT2D eigenvalue weighted by Gasteiger charge is -2.22. The standard InChI is InChI=1S/C18H24N4O3/c1-4-25-17(24)18(2,3)22-12-14(11-20-22)21-16(23)15(19)10-13-8-6-5-7-9-13/h5-9,11-12,15H,4,10,19H2,1-3H3,(H,21,23)/t15-/m0/s1. The topological polar surface area (TPSA) is 99.2 Å². The number of carbonyl (C=O) groups is 2. The highest BCUT2D eigenvalue weighted by Crippen LogP contribution is 2.19. The molecular formula is C18H24N4O3. The number of carbonyl (C=O) groups excluding carboxylic acids is 2. The molecule has 1 aromatic heterocycles. The van der Waals surface area contributed by atoms with Crippen LogP contribution in [0.15, 0.2) is 42.7 Å². The predicted octanol–water partition coefficient (Wildman–Crippen LogP) is 1.69. The van der Waals surface area contributed by atoms with Gasteiger partial charge in [0.15, 0.2) is 5.54 Å². The van der Waals surface area contributed by atoms with Crippen LogP contribution in [0.5, 0.6) is 0 Å². The van der Waals surface area contributed by atoms with Crippen LogP contribution >= 0.6 is 0 Å². The quantitative estimate of drug-likeness (QED) is 0.745. The number of esters is 1. The van der Waals surface area contributed by atoms with Gasteiger partial charge in [0.1, 0.15) is 0 Å². The Morgan fingerprint density at radius 1 is 1.32 bits per heavy atom. The fourth-order valence-electron chi connectivity index (χ4n) is 2.29. The van der Waals surface area contributed by atoms with Gasteiger partial charge >= 0.3 is 5.97 Å². The Hall–Kier alpha value is -2.67.